The van der Waals surface area contributed by atoms with Gasteiger partial charge in [0.25, 0.3) is 0 Å². The van der Waals surface area contributed by atoms with Crippen molar-refractivity contribution in [3.05, 3.63) is 65.0 Å². The zero-order valence-electron chi connectivity index (χ0n) is 18.9. The second-order valence-corrected chi connectivity index (χ2v) is 9.09. The lowest BCUT2D eigenvalue weighted by molar-refractivity contribution is -0.143. The summed E-state index contributed by atoms with van der Waals surface area (Å²) in [6.45, 7) is 3.96. The molecule has 0 unspecified atom stereocenters. The maximum Gasteiger partial charge on any atom is 0.416 e. The summed E-state index contributed by atoms with van der Waals surface area (Å²) < 4.78 is 78.7. The molecule has 0 bridgehead atoms. The Kier molecular flexibility index (Phi) is 7.59. The van der Waals surface area contributed by atoms with Crippen LogP contribution in [0.5, 0.6) is 0 Å². The van der Waals surface area contributed by atoms with E-state index in [-0.39, 0.29) is 29.5 Å². The number of nitrogens with zero attached hydrogens (tertiary/aromatic N) is 1. The van der Waals surface area contributed by atoms with Crippen molar-refractivity contribution in [2.45, 2.75) is 64.6 Å². The fraction of sp³-hybridized carbons (Fsp3) is 0.500. The summed E-state index contributed by atoms with van der Waals surface area (Å²) in [6, 6.07) is 5.18. The highest BCUT2D eigenvalue weighted by Gasteiger charge is 2.47. The highest BCUT2D eigenvalue weighted by molar-refractivity contribution is 5.83. The van der Waals surface area contributed by atoms with Crippen LogP contribution in [0.3, 0.4) is 0 Å². The number of pyridine rings is 1. The van der Waals surface area contributed by atoms with Gasteiger partial charge in [0, 0.05) is 31.5 Å². The number of alkyl halides is 6. The van der Waals surface area contributed by atoms with Crippen LogP contribution in [0, 0.1) is 11.3 Å². The fourth-order valence-corrected chi connectivity index (χ4v) is 4.49. The van der Waals surface area contributed by atoms with Crippen molar-refractivity contribution >= 4 is 5.91 Å². The number of nitrogens with one attached hydrogen (secondary N) is 2. The minimum Gasteiger partial charge on any atom is -0.352 e. The van der Waals surface area contributed by atoms with E-state index in [4.69, 9.17) is 0 Å². The Balaban J connectivity index is 1.71. The number of rotatable bonds is 7. The quantitative estimate of drug-likeness (QED) is 0.492. The monoisotopic (exact) mass is 487 g/mol. The van der Waals surface area contributed by atoms with E-state index >= 15 is 0 Å². The third-order valence-corrected chi connectivity index (χ3v) is 6.53. The molecule has 0 saturated heterocycles. The third kappa shape index (κ3) is 6.08. The predicted octanol–water partition coefficient (Wildman–Crippen LogP) is 5.72. The largest absolute Gasteiger partial charge is 0.416 e. The minimum atomic E-state index is -4.93. The van der Waals surface area contributed by atoms with Gasteiger partial charge in [0.1, 0.15) is 0 Å². The first-order valence-corrected chi connectivity index (χ1v) is 11.0. The van der Waals surface area contributed by atoms with Gasteiger partial charge in [-0.1, -0.05) is 19.9 Å². The number of benzene rings is 1. The van der Waals surface area contributed by atoms with Gasteiger partial charge in [0.05, 0.1) is 16.5 Å². The molecule has 0 radical (unpaired) electrons. The van der Waals surface area contributed by atoms with Crippen LogP contribution in [0.4, 0.5) is 26.3 Å². The van der Waals surface area contributed by atoms with E-state index < -0.39 is 35.4 Å². The lowest BCUT2D eigenvalue weighted by Gasteiger charge is -2.32. The van der Waals surface area contributed by atoms with Gasteiger partial charge in [-0.15, -0.1) is 0 Å². The Morgan fingerprint density at radius 3 is 2.24 bits per heavy atom. The smallest absolute Gasteiger partial charge is 0.352 e. The average Bonchev–Trinajstić information content (AvgIpc) is 3.21. The molecule has 10 heteroatoms. The van der Waals surface area contributed by atoms with E-state index in [1.54, 1.807) is 12.4 Å². The summed E-state index contributed by atoms with van der Waals surface area (Å²) in [4.78, 5) is 17.2. The third-order valence-electron chi connectivity index (χ3n) is 6.53. The molecule has 0 spiro atoms. The number of hydrogen-bond donors (Lipinski definition) is 2. The van der Waals surface area contributed by atoms with Crippen LogP contribution in [0.15, 0.2) is 42.7 Å². The van der Waals surface area contributed by atoms with Crippen molar-refractivity contribution in [1.82, 2.24) is 15.6 Å². The van der Waals surface area contributed by atoms with Crippen molar-refractivity contribution in [2.24, 2.45) is 11.3 Å². The minimum absolute atomic E-state index is 0.0544. The van der Waals surface area contributed by atoms with E-state index in [1.807, 2.05) is 26.0 Å². The van der Waals surface area contributed by atoms with Crippen molar-refractivity contribution < 1.29 is 31.1 Å². The number of halogens is 6. The summed E-state index contributed by atoms with van der Waals surface area (Å²) >= 11 is 0. The number of amides is 1. The molecular formula is C24H27F6N3O. The molecule has 1 aliphatic carbocycles. The van der Waals surface area contributed by atoms with Gasteiger partial charge in [-0.2, -0.15) is 26.3 Å². The topological polar surface area (TPSA) is 54.0 Å². The Labute approximate surface area is 194 Å². The molecule has 2 atom stereocenters. The summed E-state index contributed by atoms with van der Waals surface area (Å²) in [5, 5.41) is 6.02. The SMILES string of the molecule is CC(C)[C@]1(C(=O)NCc2cc(C(F)(F)F)cc(C(F)(F)F)c2)CC[C@@H](NCc2cccnc2)C1. The zero-order chi connectivity index (χ0) is 25.1. The fourth-order valence-electron chi connectivity index (χ4n) is 4.49. The van der Waals surface area contributed by atoms with E-state index in [0.29, 0.717) is 31.5 Å². The van der Waals surface area contributed by atoms with Gasteiger partial charge in [0.15, 0.2) is 0 Å². The lowest BCUT2D eigenvalue weighted by Crippen LogP contribution is -2.43. The number of hydrogen-bond acceptors (Lipinski definition) is 3. The van der Waals surface area contributed by atoms with Gasteiger partial charge in [-0.25, -0.2) is 0 Å². The van der Waals surface area contributed by atoms with E-state index in [1.165, 1.54) is 0 Å². The van der Waals surface area contributed by atoms with Crippen molar-refractivity contribution in [3.8, 4) is 0 Å². The average molecular weight is 487 g/mol. The molecule has 1 saturated carbocycles. The maximum absolute atomic E-state index is 13.2. The highest BCUT2D eigenvalue weighted by atomic mass is 19.4. The second-order valence-electron chi connectivity index (χ2n) is 9.09. The summed E-state index contributed by atoms with van der Waals surface area (Å²) in [7, 11) is 0. The number of carbonyl (C=O) groups excluding carboxylic acids is 1. The Morgan fingerprint density at radius 1 is 1.06 bits per heavy atom. The Morgan fingerprint density at radius 2 is 1.71 bits per heavy atom. The summed E-state index contributed by atoms with van der Waals surface area (Å²) in [6.07, 6.45) is -4.63. The van der Waals surface area contributed by atoms with Gasteiger partial charge < -0.3 is 10.6 Å². The van der Waals surface area contributed by atoms with Gasteiger partial charge in [-0.3, -0.25) is 9.78 Å². The maximum atomic E-state index is 13.2. The molecule has 1 fully saturated rings. The highest BCUT2D eigenvalue weighted by Crippen LogP contribution is 2.45. The van der Waals surface area contributed by atoms with E-state index in [2.05, 4.69) is 15.6 Å². The van der Waals surface area contributed by atoms with Crippen LogP contribution in [0.25, 0.3) is 0 Å². The second kappa shape index (κ2) is 9.93. The molecular weight excluding hydrogens is 460 g/mol. The van der Waals surface area contributed by atoms with Crippen LogP contribution in [0.1, 0.15) is 55.4 Å². The standard InChI is InChI=1S/C24H27F6N3O/c1-15(2)22(6-5-20(11-22)32-13-16-4-3-7-31-12-16)21(34)33-14-17-8-18(23(25,26)27)10-19(9-17)24(28,29)30/h3-4,7-10,12,15,20,32H,5-6,11,13-14H2,1-2H3,(H,33,34)/t20-,22+/m1/s1. The Bertz CT molecular complexity index is 958. The molecule has 0 aliphatic heterocycles. The first-order valence-electron chi connectivity index (χ1n) is 11.0. The molecule has 1 heterocycles. The van der Waals surface area contributed by atoms with E-state index in [0.717, 1.165) is 12.0 Å². The van der Waals surface area contributed by atoms with Crippen molar-refractivity contribution in [2.75, 3.05) is 0 Å². The van der Waals surface area contributed by atoms with Gasteiger partial charge in [0.2, 0.25) is 5.91 Å². The predicted molar refractivity (Wildman–Crippen MR) is 114 cm³/mol. The van der Waals surface area contributed by atoms with Crippen LogP contribution in [-0.2, 0) is 30.2 Å². The van der Waals surface area contributed by atoms with Crippen LogP contribution in [-0.4, -0.2) is 16.9 Å². The van der Waals surface area contributed by atoms with Gasteiger partial charge >= 0.3 is 12.4 Å². The molecule has 3 rings (SSSR count). The molecule has 1 aromatic carbocycles. The zero-order valence-corrected chi connectivity index (χ0v) is 18.9. The van der Waals surface area contributed by atoms with Crippen molar-refractivity contribution in [1.29, 1.82) is 0 Å². The van der Waals surface area contributed by atoms with Crippen LogP contribution in [0.2, 0.25) is 0 Å². The molecule has 186 valence electrons. The normalized spacial score (nSPS) is 21.1. The molecule has 1 aliphatic rings. The van der Waals surface area contributed by atoms with E-state index in [9.17, 15) is 31.1 Å². The molecule has 34 heavy (non-hydrogen) atoms. The number of carbonyl (C=O) groups is 1. The first-order chi connectivity index (χ1) is 15.8. The van der Waals surface area contributed by atoms with Crippen LogP contribution >= 0.6 is 0 Å². The molecule has 2 aromatic rings. The number of aromatic nitrogens is 1. The van der Waals surface area contributed by atoms with Crippen molar-refractivity contribution in [3.63, 3.8) is 0 Å². The Hall–Kier alpha value is -2.62. The van der Waals surface area contributed by atoms with Crippen LogP contribution < -0.4 is 10.6 Å². The summed E-state index contributed by atoms with van der Waals surface area (Å²) in [5.41, 5.74) is -2.81. The van der Waals surface area contributed by atoms with Gasteiger partial charge in [-0.05, 0) is 60.6 Å². The molecule has 1 amide bonds. The summed E-state index contributed by atoms with van der Waals surface area (Å²) in [5.74, 6) is -0.427. The molecule has 1 aromatic heterocycles. The molecule has 2 N–H and O–H groups in total. The first kappa shape index (κ1) is 26.0. The lowest BCUT2D eigenvalue weighted by atomic mass is 9.74. The molecule has 4 nitrogen and oxygen atoms in total.